The molecule has 0 bridgehead atoms. The summed E-state index contributed by atoms with van der Waals surface area (Å²) in [5, 5.41) is 7.47. The molecule has 7 heteroatoms. The van der Waals surface area contributed by atoms with Crippen molar-refractivity contribution in [1.29, 1.82) is 0 Å². The van der Waals surface area contributed by atoms with Gasteiger partial charge in [-0.3, -0.25) is 4.40 Å². The van der Waals surface area contributed by atoms with Gasteiger partial charge in [0, 0.05) is 56.1 Å². The Labute approximate surface area is 169 Å². The van der Waals surface area contributed by atoms with Crippen LogP contribution in [-0.2, 0) is 6.54 Å². The van der Waals surface area contributed by atoms with Crippen molar-refractivity contribution >= 4 is 28.9 Å². The number of anilines is 2. The Morgan fingerprint density at radius 3 is 3.00 bits per heavy atom. The van der Waals surface area contributed by atoms with E-state index >= 15 is 0 Å². The van der Waals surface area contributed by atoms with Gasteiger partial charge in [0.15, 0.2) is 11.5 Å². The molecule has 2 aliphatic heterocycles. The number of nitrogens with one attached hydrogen (secondary N) is 2. The summed E-state index contributed by atoms with van der Waals surface area (Å²) in [6, 6.07) is 8.80. The summed E-state index contributed by atoms with van der Waals surface area (Å²) in [5.74, 6) is 2.10. The zero-order valence-corrected chi connectivity index (χ0v) is 16.8. The number of hydrogen-bond donors (Lipinski definition) is 2. The first-order chi connectivity index (χ1) is 13.9. The maximum absolute atomic E-state index is 4.68. The van der Waals surface area contributed by atoms with E-state index in [1.165, 1.54) is 35.5 Å². The van der Waals surface area contributed by atoms with Crippen molar-refractivity contribution in [3.8, 4) is 0 Å². The summed E-state index contributed by atoms with van der Waals surface area (Å²) in [4.78, 5) is 11.7. The van der Waals surface area contributed by atoms with Crippen molar-refractivity contribution in [1.82, 2.24) is 19.7 Å². The van der Waals surface area contributed by atoms with Crippen molar-refractivity contribution in [3.05, 3.63) is 54.1 Å². The molecule has 0 spiro atoms. The number of aromatic nitrogens is 3. The molecular formula is C21H26N6S. The lowest BCUT2D eigenvalue weighted by atomic mass is 10.1. The van der Waals surface area contributed by atoms with Gasteiger partial charge in [-0.2, -0.15) is 11.8 Å². The van der Waals surface area contributed by atoms with Crippen LogP contribution in [0.15, 0.2) is 42.9 Å². The molecule has 2 N–H and O–H groups in total. The zero-order chi connectivity index (χ0) is 18.8. The predicted molar refractivity (Wildman–Crippen MR) is 116 cm³/mol. The minimum absolute atomic E-state index is 0.556. The molecule has 2 fully saturated rings. The fourth-order valence-corrected chi connectivity index (χ4v) is 5.38. The van der Waals surface area contributed by atoms with Crippen molar-refractivity contribution in [3.63, 3.8) is 0 Å². The van der Waals surface area contributed by atoms with Crippen LogP contribution in [0.3, 0.4) is 0 Å². The molecule has 0 aliphatic carbocycles. The third-order valence-corrected chi connectivity index (χ3v) is 6.97. The summed E-state index contributed by atoms with van der Waals surface area (Å²) in [6.45, 7) is 4.97. The van der Waals surface area contributed by atoms with E-state index in [1.54, 1.807) is 0 Å². The summed E-state index contributed by atoms with van der Waals surface area (Å²) < 4.78 is 2.20. The lowest BCUT2D eigenvalue weighted by Gasteiger charge is -2.29. The number of imidazole rings is 1. The van der Waals surface area contributed by atoms with Crippen molar-refractivity contribution in [2.45, 2.75) is 24.6 Å². The Balaban J connectivity index is 1.33. The van der Waals surface area contributed by atoms with Gasteiger partial charge in [0.1, 0.15) is 0 Å². The monoisotopic (exact) mass is 394 g/mol. The van der Waals surface area contributed by atoms with Crippen LogP contribution in [0.25, 0.3) is 5.65 Å². The molecule has 6 nitrogen and oxygen atoms in total. The molecule has 1 atom stereocenters. The van der Waals surface area contributed by atoms with Crippen LogP contribution < -0.4 is 15.5 Å². The molecule has 0 amide bonds. The quantitative estimate of drug-likeness (QED) is 0.692. The molecule has 0 radical (unpaired) electrons. The molecule has 1 aromatic carbocycles. The topological polar surface area (TPSA) is 57.5 Å². The lowest BCUT2D eigenvalue weighted by molar-refractivity contribution is 0.589. The van der Waals surface area contributed by atoms with E-state index in [1.807, 2.05) is 30.4 Å². The van der Waals surface area contributed by atoms with Crippen LogP contribution in [0, 0.1) is 0 Å². The first-order valence-electron chi connectivity index (χ1n) is 10.1. The van der Waals surface area contributed by atoms with E-state index in [2.05, 4.69) is 54.2 Å². The lowest BCUT2D eigenvalue weighted by Crippen LogP contribution is -2.43. The van der Waals surface area contributed by atoms with Gasteiger partial charge in [0.05, 0.1) is 11.9 Å². The van der Waals surface area contributed by atoms with Crippen molar-refractivity contribution in [2.75, 3.05) is 42.1 Å². The number of hydrogen-bond acceptors (Lipinski definition) is 6. The Morgan fingerprint density at radius 1 is 1.21 bits per heavy atom. The summed E-state index contributed by atoms with van der Waals surface area (Å²) in [6.07, 6.45) is 8.46. The van der Waals surface area contributed by atoms with E-state index in [0.29, 0.717) is 5.25 Å². The van der Waals surface area contributed by atoms with Crippen LogP contribution >= 0.6 is 11.8 Å². The smallest absolute Gasteiger partial charge is 0.180 e. The highest BCUT2D eigenvalue weighted by atomic mass is 32.2. The minimum Gasteiger partial charge on any atom is -0.369 e. The van der Waals surface area contributed by atoms with Gasteiger partial charge in [-0.15, -0.1) is 0 Å². The zero-order valence-electron chi connectivity index (χ0n) is 16.0. The van der Waals surface area contributed by atoms with Crippen LogP contribution in [0.5, 0.6) is 0 Å². The standard InChI is InChI=1S/C21H26N6S/c1-3-16(13-17(4-1)26-9-6-22-7-10-26)14-24-20-21-25-15-18(19-5-2-12-28-19)27(21)11-8-23-20/h1,3-4,8,11,13,15,19,22H,2,5-7,9-10,12,14H2,(H,23,24)/t19-/m0/s1. The fourth-order valence-electron chi connectivity index (χ4n) is 4.08. The number of nitrogens with zero attached hydrogens (tertiary/aromatic N) is 4. The summed E-state index contributed by atoms with van der Waals surface area (Å²) >= 11 is 2.04. The second kappa shape index (κ2) is 8.01. The first kappa shape index (κ1) is 17.8. The van der Waals surface area contributed by atoms with Crippen molar-refractivity contribution < 1.29 is 0 Å². The molecule has 2 saturated heterocycles. The van der Waals surface area contributed by atoms with Gasteiger partial charge in [0.2, 0.25) is 0 Å². The van der Waals surface area contributed by atoms with Gasteiger partial charge in [-0.25, -0.2) is 9.97 Å². The maximum atomic E-state index is 4.68. The number of benzene rings is 1. The number of rotatable bonds is 5. The fraction of sp³-hybridized carbons (Fsp3) is 0.429. The average Bonchev–Trinajstić information content (AvgIpc) is 3.43. The second-order valence-electron chi connectivity index (χ2n) is 7.41. The molecule has 3 aromatic rings. The summed E-state index contributed by atoms with van der Waals surface area (Å²) in [5.41, 5.74) is 4.78. The Bertz CT molecular complexity index is 943. The SMILES string of the molecule is c1cc(CNc2nccn3c([C@@H]4CCCS4)cnc23)cc(N2CCNCC2)c1. The maximum Gasteiger partial charge on any atom is 0.180 e. The molecule has 0 saturated carbocycles. The van der Waals surface area contributed by atoms with Crippen LogP contribution in [0.4, 0.5) is 11.5 Å². The highest BCUT2D eigenvalue weighted by Gasteiger charge is 2.22. The molecule has 2 aromatic heterocycles. The number of fused-ring (bicyclic) bond motifs is 1. The molecule has 4 heterocycles. The van der Waals surface area contributed by atoms with Crippen LogP contribution in [-0.4, -0.2) is 46.3 Å². The molecule has 0 unspecified atom stereocenters. The minimum atomic E-state index is 0.556. The van der Waals surface area contributed by atoms with E-state index in [0.717, 1.165) is 44.2 Å². The van der Waals surface area contributed by atoms with Crippen LogP contribution in [0.2, 0.25) is 0 Å². The second-order valence-corrected chi connectivity index (χ2v) is 8.73. The largest absolute Gasteiger partial charge is 0.369 e. The van der Waals surface area contributed by atoms with E-state index in [4.69, 9.17) is 0 Å². The average molecular weight is 395 g/mol. The van der Waals surface area contributed by atoms with Gasteiger partial charge in [0.25, 0.3) is 0 Å². The number of thioether (sulfide) groups is 1. The third-order valence-electron chi connectivity index (χ3n) is 5.57. The third kappa shape index (κ3) is 3.56. The summed E-state index contributed by atoms with van der Waals surface area (Å²) in [7, 11) is 0. The number of piperazine rings is 1. The van der Waals surface area contributed by atoms with E-state index < -0.39 is 0 Å². The molecule has 5 rings (SSSR count). The Hall–Kier alpha value is -2.25. The van der Waals surface area contributed by atoms with Crippen molar-refractivity contribution in [2.24, 2.45) is 0 Å². The van der Waals surface area contributed by atoms with E-state index in [-0.39, 0.29) is 0 Å². The first-order valence-corrected chi connectivity index (χ1v) is 11.2. The Morgan fingerprint density at radius 2 is 2.14 bits per heavy atom. The molecular weight excluding hydrogens is 368 g/mol. The van der Waals surface area contributed by atoms with Gasteiger partial charge in [-0.05, 0) is 36.3 Å². The van der Waals surface area contributed by atoms with E-state index in [9.17, 15) is 0 Å². The van der Waals surface area contributed by atoms with Gasteiger partial charge < -0.3 is 15.5 Å². The highest BCUT2D eigenvalue weighted by Crippen LogP contribution is 2.40. The van der Waals surface area contributed by atoms with Gasteiger partial charge >= 0.3 is 0 Å². The highest BCUT2D eigenvalue weighted by molar-refractivity contribution is 7.99. The van der Waals surface area contributed by atoms with Gasteiger partial charge in [-0.1, -0.05) is 12.1 Å². The normalized spacial score (nSPS) is 20.0. The Kier molecular flexibility index (Phi) is 5.10. The predicted octanol–water partition coefficient (Wildman–Crippen LogP) is 3.32. The molecule has 146 valence electrons. The molecule has 2 aliphatic rings. The van der Waals surface area contributed by atoms with Crippen LogP contribution in [0.1, 0.15) is 29.3 Å². The molecule has 28 heavy (non-hydrogen) atoms.